The zero-order chi connectivity index (χ0) is 23.2. The molecule has 0 atom stereocenters. The first-order chi connectivity index (χ1) is 16.0. The lowest BCUT2D eigenvalue weighted by atomic mass is 10.2. The number of phenolic OH excluding ortho intramolecular Hbond substituents is 1. The van der Waals surface area contributed by atoms with Gasteiger partial charge in [-0.05, 0) is 61.0 Å². The van der Waals surface area contributed by atoms with Gasteiger partial charge in [-0.25, -0.2) is 5.43 Å². The summed E-state index contributed by atoms with van der Waals surface area (Å²) >= 11 is 7.30. The summed E-state index contributed by atoms with van der Waals surface area (Å²) in [7, 11) is 0. The molecule has 0 radical (unpaired) electrons. The van der Waals surface area contributed by atoms with E-state index >= 15 is 0 Å². The standard InChI is InChI=1S/C24H20ClN5O2S/c1-16-5-11-20(12-6-16)30-23(18-7-9-19(25)10-8-18)28-29-24(30)33-15-22(32)27-26-14-17-3-2-4-21(31)13-17/h2-14,31H,15H2,1H3,(H,27,32)/b26-14-. The zero-order valence-electron chi connectivity index (χ0n) is 17.6. The lowest BCUT2D eigenvalue weighted by Gasteiger charge is -2.10. The molecule has 0 aliphatic heterocycles. The summed E-state index contributed by atoms with van der Waals surface area (Å²) in [6, 6.07) is 22.0. The number of nitrogens with one attached hydrogen (secondary N) is 1. The summed E-state index contributed by atoms with van der Waals surface area (Å²) in [6.07, 6.45) is 1.47. The lowest BCUT2D eigenvalue weighted by Crippen LogP contribution is -2.20. The SMILES string of the molecule is Cc1ccc(-n2c(SCC(=O)N/N=C\c3cccc(O)c3)nnc2-c2ccc(Cl)cc2)cc1. The molecule has 0 saturated carbocycles. The number of halogens is 1. The van der Waals surface area contributed by atoms with E-state index in [2.05, 4.69) is 20.7 Å². The second kappa shape index (κ2) is 10.3. The molecule has 9 heteroatoms. The average Bonchev–Trinajstić information content (AvgIpc) is 3.23. The number of carbonyl (C=O) groups excluding carboxylic acids is 1. The Kier molecular flexibility index (Phi) is 7.07. The van der Waals surface area contributed by atoms with E-state index in [4.69, 9.17) is 11.6 Å². The summed E-state index contributed by atoms with van der Waals surface area (Å²) in [6.45, 7) is 2.02. The highest BCUT2D eigenvalue weighted by Gasteiger charge is 2.17. The molecule has 0 bridgehead atoms. The van der Waals surface area contributed by atoms with E-state index < -0.39 is 0 Å². The smallest absolute Gasteiger partial charge is 0.250 e. The molecule has 1 amide bonds. The number of rotatable bonds is 7. The lowest BCUT2D eigenvalue weighted by molar-refractivity contribution is -0.118. The number of aromatic hydroxyl groups is 1. The van der Waals surface area contributed by atoms with Crippen molar-refractivity contribution in [2.24, 2.45) is 5.10 Å². The third kappa shape index (κ3) is 5.79. The topological polar surface area (TPSA) is 92.4 Å². The minimum atomic E-state index is -0.289. The first-order valence-electron chi connectivity index (χ1n) is 10.0. The molecule has 1 aromatic heterocycles. The summed E-state index contributed by atoms with van der Waals surface area (Å²) in [5.41, 5.74) is 6.05. The Bertz CT molecular complexity index is 1290. The third-order valence-electron chi connectivity index (χ3n) is 4.63. The highest BCUT2D eigenvalue weighted by Crippen LogP contribution is 2.28. The van der Waals surface area contributed by atoms with Gasteiger partial charge < -0.3 is 5.11 Å². The maximum Gasteiger partial charge on any atom is 0.250 e. The number of hydrazone groups is 1. The van der Waals surface area contributed by atoms with Crippen LogP contribution in [0.2, 0.25) is 5.02 Å². The van der Waals surface area contributed by atoms with Gasteiger partial charge in [-0.2, -0.15) is 5.10 Å². The van der Waals surface area contributed by atoms with Gasteiger partial charge >= 0.3 is 0 Å². The van der Waals surface area contributed by atoms with E-state index in [1.807, 2.05) is 47.9 Å². The maximum atomic E-state index is 12.3. The first kappa shape index (κ1) is 22.6. The minimum Gasteiger partial charge on any atom is -0.508 e. The number of hydrogen-bond acceptors (Lipinski definition) is 6. The Morgan fingerprint density at radius 1 is 1.12 bits per heavy atom. The van der Waals surface area contributed by atoms with Gasteiger partial charge in [0.05, 0.1) is 12.0 Å². The number of nitrogens with zero attached hydrogens (tertiary/aromatic N) is 4. The summed E-state index contributed by atoms with van der Waals surface area (Å²) in [5, 5.41) is 23.3. The fourth-order valence-corrected chi connectivity index (χ4v) is 3.89. The molecule has 2 N–H and O–H groups in total. The Morgan fingerprint density at radius 2 is 1.88 bits per heavy atom. The number of benzene rings is 3. The Labute approximate surface area is 200 Å². The molecule has 166 valence electrons. The maximum absolute atomic E-state index is 12.3. The van der Waals surface area contributed by atoms with E-state index in [1.54, 1.807) is 36.4 Å². The van der Waals surface area contributed by atoms with Crippen LogP contribution in [0.4, 0.5) is 0 Å². The number of hydrogen-bond donors (Lipinski definition) is 2. The molecule has 4 aromatic rings. The molecule has 0 spiro atoms. The highest BCUT2D eigenvalue weighted by molar-refractivity contribution is 7.99. The molecule has 0 saturated heterocycles. The van der Waals surface area contributed by atoms with Crippen LogP contribution in [0, 0.1) is 6.92 Å². The Morgan fingerprint density at radius 3 is 2.61 bits per heavy atom. The van der Waals surface area contributed by atoms with Crippen LogP contribution in [0.3, 0.4) is 0 Å². The molecule has 4 rings (SSSR count). The molecule has 0 fully saturated rings. The molecule has 1 heterocycles. The molecule has 0 aliphatic carbocycles. The first-order valence-corrected chi connectivity index (χ1v) is 11.4. The summed E-state index contributed by atoms with van der Waals surface area (Å²) < 4.78 is 1.91. The molecular weight excluding hydrogens is 458 g/mol. The van der Waals surface area contributed by atoms with Crippen molar-refractivity contribution in [2.75, 3.05) is 5.75 Å². The number of phenols is 1. The van der Waals surface area contributed by atoms with Crippen molar-refractivity contribution in [3.8, 4) is 22.8 Å². The van der Waals surface area contributed by atoms with E-state index in [0.29, 0.717) is 21.6 Å². The molecule has 0 unspecified atom stereocenters. The Balaban J connectivity index is 1.51. The van der Waals surface area contributed by atoms with Gasteiger partial charge in [0.25, 0.3) is 5.91 Å². The minimum absolute atomic E-state index is 0.0992. The summed E-state index contributed by atoms with van der Waals surface area (Å²) in [4.78, 5) is 12.3. The predicted octanol–water partition coefficient (Wildman–Crippen LogP) is 4.84. The fraction of sp³-hybridized carbons (Fsp3) is 0.0833. The number of amides is 1. The van der Waals surface area contributed by atoms with E-state index in [-0.39, 0.29) is 17.4 Å². The van der Waals surface area contributed by atoms with Crippen LogP contribution in [0.15, 0.2) is 83.1 Å². The van der Waals surface area contributed by atoms with Crippen molar-refractivity contribution in [3.05, 3.63) is 88.9 Å². The third-order valence-corrected chi connectivity index (χ3v) is 5.81. The van der Waals surface area contributed by atoms with E-state index in [1.165, 1.54) is 18.0 Å². The van der Waals surface area contributed by atoms with Crippen LogP contribution in [-0.4, -0.2) is 37.7 Å². The molecule has 7 nitrogen and oxygen atoms in total. The molecular formula is C24H20ClN5O2S. The van der Waals surface area contributed by atoms with Crippen LogP contribution >= 0.6 is 23.4 Å². The molecule has 0 aliphatic rings. The number of carbonyl (C=O) groups is 1. The number of aryl methyl sites for hydroxylation is 1. The van der Waals surface area contributed by atoms with Gasteiger partial charge in [-0.3, -0.25) is 9.36 Å². The second-order valence-corrected chi connectivity index (χ2v) is 8.54. The second-order valence-electron chi connectivity index (χ2n) is 7.16. The van der Waals surface area contributed by atoms with Crippen molar-refractivity contribution in [3.63, 3.8) is 0 Å². The van der Waals surface area contributed by atoms with Crippen molar-refractivity contribution in [1.82, 2.24) is 20.2 Å². The number of thioether (sulfide) groups is 1. The van der Waals surface area contributed by atoms with Crippen molar-refractivity contribution < 1.29 is 9.90 Å². The van der Waals surface area contributed by atoms with Gasteiger partial charge in [0.2, 0.25) is 0 Å². The summed E-state index contributed by atoms with van der Waals surface area (Å²) in [5.74, 6) is 0.595. The van der Waals surface area contributed by atoms with Gasteiger partial charge in [0.1, 0.15) is 5.75 Å². The van der Waals surface area contributed by atoms with E-state index in [9.17, 15) is 9.90 Å². The van der Waals surface area contributed by atoms with Crippen LogP contribution in [0.5, 0.6) is 5.75 Å². The predicted molar refractivity (Wildman–Crippen MR) is 131 cm³/mol. The monoisotopic (exact) mass is 477 g/mol. The quantitative estimate of drug-likeness (QED) is 0.225. The Hall–Kier alpha value is -3.62. The van der Waals surface area contributed by atoms with Crippen LogP contribution in [0.25, 0.3) is 17.1 Å². The van der Waals surface area contributed by atoms with Crippen LogP contribution < -0.4 is 5.43 Å². The van der Waals surface area contributed by atoms with Gasteiger partial charge in [-0.1, -0.05) is 53.2 Å². The molecule has 3 aromatic carbocycles. The average molecular weight is 478 g/mol. The van der Waals surface area contributed by atoms with Crippen LogP contribution in [-0.2, 0) is 4.79 Å². The largest absolute Gasteiger partial charge is 0.508 e. The van der Waals surface area contributed by atoms with Crippen LogP contribution in [0.1, 0.15) is 11.1 Å². The van der Waals surface area contributed by atoms with Gasteiger partial charge in [-0.15, -0.1) is 10.2 Å². The van der Waals surface area contributed by atoms with Gasteiger partial charge in [0.15, 0.2) is 11.0 Å². The number of aromatic nitrogens is 3. The normalized spacial score (nSPS) is 11.1. The van der Waals surface area contributed by atoms with Gasteiger partial charge in [0, 0.05) is 16.3 Å². The van der Waals surface area contributed by atoms with Crippen molar-refractivity contribution in [2.45, 2.75) is 12.1 Å². The molecule has 33 heavy (non-hydrogen) atoms. The zero-order valence-corrected chi connectivity index (χ0v) is 19.2. The highest BCUT2D eigenvalue weighted by atomic mass is 35.5. The van der Waals surface area contributed by atoms with E-state index in [0.717, 1.165) is 16.8 Å². The van der Waals surface area contributed by atoms with Crippen molar-refractivity contribution >= 4 is 35.5 Å². The fourth-order valence-electron chi connectivity index (χ4n) is 3.02. The van der Waals surface area contributed by atoms with Crippen molar-refractivity contribution in [1.29, 1.82) is 0 Å².